The van der Waals surface area contributed by atoms with Crippen molar-refractivity contribution in [2.24, 2.45) is 5.92 Å². The molecule has 6 nitrogen and oxygen atoms in total. The highest BCUT2D eigenvalue weighted by Gasteiger charge is 2.03. The fourth-order valence-corrected chi connectivity index (χ4v) is 2.32. The maximum absolute atomic E-state index is 11.3. The van der Waals surface area contributed by atoms with Crippen molar-refractivity contribution in [3.05, 3.63) is 60.3 Å². The Hall–Kier alpha value is -3.15. The summed E-state index contributed by atoms with van der Waals surface area (Å²) in [6, 6.07) is 10.0. The van der Waals surface area contributed by atoms with Crippen molar-refractivity contribution in [1.29, 1.82) is 0 Å². The molecule has 0 aliphatic rings. The van der Waals surface area contributed by atoms with Crippen LogP contribution in [-0.2, 0) is 9.59 Å². The van der Waals surface area contributed by atoms with Gasteiger partial charge >= 0.3 is 5.97 Å². The number of hydrogen-bond donors (Lipinski definition) is 3. The second-order valence-corrected chi connectivity index (χ2v) is 6.49. The van der Waals surface area contributed by atoms with E-state index in [-0.39, 0.29) is 5.91 Å². The first-order valence-electron chi connectivity index (χ1n) is 9.25. The van der Waals surface area contributed by atoms with E-state index in [2.05, 4.69) is 15.6 Å². The number of hydrogen-bond acceptors (Lipinski definition) is 4. The van der Waals surface area contributed by atoms with Gasteiger partial charge in [-0.05, 0) is 38.0 Å². The van der Waals surface area contributed by atoms with Gasteiger partial charge in [-0.15, -0.1) is 0 Å². The van der Waals surface area contributed by atoms with Crippen LogP contribution in [-0.4, -0.2) is 35.1 Å². The number of aliphatic carboxylic acids is 1. The number of nitrogens with zero attached hydrogens (tertiary/aromatic N) is 1. The van der Waals surface area contributed by atoms with Gasteiger partial charge in [0.25, 0.3) is 0 Å². The van der Waals surface area contributed by atoms with Crippen LogP contribution in [0.15, 0.2) is 54.6 Å². The van der Waals surface area contributed by atoms with Crippen LogP contribution in [0.2, 0.25) is 0 Å². The Balaban J connectivity index is 0.000000416. The quantitative estimate of drug-likeness (QED) is 0.498. The minimum Gasteiger partial charge on any atom is -0.478 e. The molecule has 0 fully saturated rings. The molecule has 2 rings (SSSR count). The van der Waals surface area contributed by atoms with E-state index in [1.54, 1.807) is 12.2 Å². The Kier molecular flexibility index (Phi) is 10.0. The van der Waals surface area contributed by atoms with Gasteiger partial charge in [0.15, 0.2) is 0 Å². The molecule has 1 aromatic carbocycles. The van der Waals surface area contributed by atoms with Crippen molar-refractivity contribution >= 4 is 28.5 Å². The number of carbonyl (C=O) groups is 2. The van der Waals surface area contributed by atoms with Gasteiger partial charge in [0.05, 0.1) is 5.52 Å². The second-order valence-electron chi connectivity index (χ2n) is 6.49. The van der Waals surface area contributed by atoms with Crippen molar-refractivity contribution in [3.63, 3.8) is 0 Å². The predicted octanol–water partition coefficient (Wildman–Crippen LogP) is 3.93. The Bertz CT molecular complexity index is 842. The average Bonchev–Trinajstić information content (AvgIpc) is 2.64. The molecule has 0 aliphatic heterocycles. The molecular weight excluding hydrogens is 354 g/mol. The van der Waals surface area contributed by atoms with Crippen LogP contribution in [0, 0.1) is 12.8 Å². The van der Waals surface area contributed by atoms with Gasteiger partial charge in [0.1, 0.15) is 0 Å². The highest BCUT2D eigenvalue weighted by Crippen LogP contribution is 2.22. The molecule has 2 aromatic rings. The number of aromatic nitrogens is 1. The molecule has 0 saturated carbocycles. The van der Waals surface area contributed by atoms with Crippen molar-refractivity contribution in [1.82, 2.24) is 10.3 Å². The topological polar surface area (TPSA) is 91.3 Å². The summed E-state index contributed by atoms with van der Waals surface area (Å²) < 4.78 is 0. The van der Waals surface area contributed by atoms with Gasteiger partial charge in [0.2, 0.25) is 5.91 Å². The first-order valence-corrected chi connectivity index (χ1v) is 9.25. The van der Waals surface area contributed by atoms with E-state index in [4.69, 9.17) is 5.11 Å². The fraction of sp³-hybridized carbons (Fsp3) is 0.318. The van der Waals surface area contributed by atoms with E-state index in [1.807, 2.05) is 58.0 Å². The van der Waals surface area contributed by atoms with Crippen LogP contribution in [0.4, 0.5) is 5.69 Å². The Morgan fingerprint density at radius 1 is 1.18 bits per heavy atom. The van der Waals surface area contributed by atoms with E-state index in [0.29, 0.717) is 19.0 Å². The third kappa shape index (κ3) is 8.98. The van der Waals surface area contributed by atoms with Gasteiger partial charge in [-0.2, -0.15) is 0 Å². The molecule has 0 spiro atoms. The number of nitrogens with one attached hydrogen (secondary N) is 2. The molecule has 3 N–H and O–H groups in total. The zero-order valence-corrected chi connectivity index (χ0v) is 16.9. The third-order valence-electron chi connectivity index (χ3n) is 3.53. The van der Waals surface area contributed by atoms with E-state index >= 15 is 0 Å². The lowest BCUT2D eigenvalue weighted by molar-refractivity contribution is -0.131. The van der Waals surface area contributed by atoms with Crippen molar-refractivity contribution in [2.75, 3.05) is 18.4 Å². The van der Waals surface area contributed by atoms with Gasteiger partial charge < -0.3 is 15.7 Å². The zero-order chi connectivity index (χ0) is 20.9. The number of carbonyl (C=O) groups excluding carboxylic acids is 1. The summed E-state index contributed by atoms with van der Waals surface area (Å²) >= 11 is 0. The van der Waals surface area contributed by atoms with E-state index in [9.17, 15) is 9.59 Å². The lowest BCUT2D eigenvalue weighted by Gasteiger charge is -2.11. The lowest BCUT2D eigenvalue weighted by atomic mass is 10.1. The summed E-state index contributed by atoms with van der Waals surface area (Å²) in [6.07, 6.45) is 6.04. The number of pyridine rings is 1. The number of para-hydroxylation sites is 1. The maximum Gasteiger partial charge on any atom is 0.327 e. The van der Waals surface area contributed by atoms with Gasteiger partial charge in [0, 0.05) is 35.9 Å². The molecule has 6 heteroatoms. The summed E-state index contributed by atoms with van der Waals surface area (Å²) in [7, 11) is 0. The maximum atomic E-state index is 11.3. The van der Waals surface area contributed by atoms with Crippen LogP contribution in [0.3, 0.4) is 0 Å². The molecule has 150 valence electrons. The summed E-state index contributed by atoms with van der Waals surface area (Å²) in [5, 5.41) is 15.3. The number of amides is 1. The predicted molar refractivity (Wildman–Crippen MR) is 114 cm³/mol. The SMILES string of the molecule is CC(C)/C=C/C(=O)O.CC=CC(=O)NCCNc1cc(C)nc2ccccc12. The van der Waals surface area contributed by atoms with Crippen LogP contribution in [0.1, 0.15) is 26.5 Å². The second kappa shape index (κ2) is 12.3. The summed E-state index contributed by atoms with van der Waals surface area (Å²) in [5.41, 5.74) is 3.01. The standard InChI is InChI=1S/C16H19N3O.C6H10O2/c1-3-6-16(20)18-10-9-17-15-11-12(2)19-14-8-5-4-7-13(14)15;1-5(2)3-4-6(7)8/h3-8,11H,9-10H2,1-2H3,(H,17,19)(H,18,20);3-5H,1-2H3,(H,7,8)/b;4-3+. The first-order chi connectivity index (χ1) is 13.3. The van der Waals surface area contributed by atoms with Crippen LogP contribution in [0.5, 0.6) is 0 Å². The highest BCUT2D eigenvalue weighted by molar-refractivity contribution is 5.91. The number of benzene rings is 1. The van der Waals surface area contributed by atoms with Crippen LogP contribution in [0.25, 0.3) is 10.9 Å². The molecule has 1 heterocycles. The third-order valence-corrected chi connectivity index (χ3v) is 3.53. The average molecular weight is 383 g/mol. The molecule has 28 heavy (non-hydrogen) atoms. The smallest absolute Gasteiger partial charge is 0.327 e. The molecule has 1 amide bonds. The van der Waals surface area contributed by atoms with Crippen LogP contribution >= 0.6 is 0 Å². The van der Waals surface area contributed by atoms with Gasteiger partial charge in [-0.3, -0.25) is 9.78 Å². The largest absolute Gasteiger partial charge is 0.478 e. The number of fused-ring (bicyclic) bond motifs is 1. The number of carboxylic acids is 1. The van der Waals surface area contributed by atoms with E-state index in [0.717, 1.165) is 28.4 Å². The molecule has 0 bridgehead atoms. The van der Waals surface area contributed by atoms with Crippen molar-refractivity contribution in [2.45, 2.75) is 27.7 Å². The Morgan fingerprint density at radius 3 is 2.50 bits per heavy atom. The zero-order valence-electron chi connectivity index (χ0n) is 16.9. The fourth-order valence-electron chi connectivity index (χ4n) is 2.32. The molecule has 0 aliphatic carbocycles. The molecule has 0 unspecified atom stereocenters. The number of carboxylic acid groups (broad SMARTS) is 1. The van der Waals surface area contributed by atoms with Gasteiger partial charge in [-0.1, -0.05) is 44.2 Å². The number of allylic oxidation sites excluding steroid dienone is 2. The summed E-state index contributed by atoms with van der Waals surface area (Å²) in [5.74, 6) is -0.616. The normalized spacial score (nSPS) is 10.9. The highest BCUT2D eigenvalue weighted by atomic mass is 16.4. The van der Waals surface area contributed by atoms with Crippen LogP contribution < -0.4 is 10.6 Å². The van der Waals surface area contributed by atoms with Gasteiger partial charge in [-0.25, -0.2) is 4.79 Å². The van der Waals surface area contributed by atoms with Crippen molar-refractivity contribution in [3.8, 4) is 0 Å². The summed E-state index contributed by atoms with van der Waals surface area (Å²) in [6.45, 7) is 8.92. The Morgan fingerprint density at radius 2 is 1.89 bits per heavy atom. The minimum absolute atomic E-state index is 0.0648. The summed E-state index contributed by atoms with van der Waals surface area (Å²) in [4.78, 5) is 25.6. The Labute approximate surface area is 166 Å². The minimum atomic E-state index is -0.876. The van der Waals surface area contributed by atoms with E-state index < -0.39 is 5.97 Å². The molecular formula is C22H29N3O3. The number of aryl methyl sites for hydroxylation is 1. The number of rotatable bonds is 7. The lowest BCUT2D eigenvalue weighted by Crippen LogP contribution is -2.27. The molecule has 0 radical (unpaired) electrons. The van der Waals surface area contributed by atoms with E-state index in [1.165, 1.54) is 6.08 Å². The van der Waals surface area contributed by atoms with Crippen molar-refractivity contribution < 1.29 is 14.7 Å². The monoisotopic (exact) mass is 383 g/mol. The molecule has 0 saturated heterocycles. The molecule has 1 aromatic heterocycles. The number of anilines is 1. The molecule has 0 atom stereocenters. The first kappa shape index (κ1) is 22.9.